The van der Waals surface area contributed by atoms with Gasteiger partial charge in [-0.2, -0.15) is 0 Å². The highest BCUT2D eigenvalue weighted by atomic mass is 31.1. The second-order valence-electron chi connectivity index (χ2n) is 2.04. The Hall–Kier alpha value is -0.240. The second kappa shape index (κ2) is 12.4. The van der Waals surface area contributed by atoms with E-state index in [2.05, 4.69) is 13.5 Å². The summed E-state index contributed by atoms with van der Waals surface area (Å²) in [6.45, 7) is 5.84. The monoisotopic (exact) mass is 179 g/mol. The molecule has 0 heterocycles. The van der Waals surface area contributed by atoms with Crippen LogP contribution in [0.4, 0.5) is 0 Å². The van der Waals surface area contributed by atoms with Crippen LogP contribution in [-0.4, -0.2) is 9.79 Å². The number of unbranched alkanes of at least 4 members (excludes halogenated alkanes) is 3. The van der Waals surface area contributed by atoms with Crippen molar-refractivity contribution in [3.63, 3.8) is 0 Å². The van der Waals surface area contributed by atoms with E-state index in [1.165, 1.54) is 25.7 Å². The molecule has 0 unspecified atom stereocenters. The maximum atomic E-state index is 8.70. The van der Waals surface area contributed by atoms with Crippen LogP contribution in [0.15, 0.2) is 12.7 Å². The molecule has 0 saturated heterocycles. The molecule has 3 nitrogen and oxygen atoms in total. The lowest BCUT2D eigenvalue weighted by molar-refractivity contribution is 0.405. The van der Waals surface area contributed by atoms with Gasteiger partial charge in [0.15, 0.2) is 0 Å². The van der Waals surface area contributed by atoms with Crippen molar-refractivity contribution in [2.24, 2.45) is 0 Å². The van der Waals surface area contributed by atoms with Crippen molar-refractivity contribution in [2.75, 3.05) is 0 Å². The number of hydrogen-bond acceptors (Lipinski definition) is 1. The third kappa shape index (κ3) is 41.6. The van der Waals surface area contributed by atoms with Crippen LogP contribution < -0.4 is 0 Å². The minimum Gasteiger partial charge on any atom is -0.134 e. The molecule has 0 fully saturated rings. The molecule has 0 spiro atoms. The first-order valence-electron chi connectivity index (χ1n) is 3.61. The van der Waals surface area contributed by atoms with Gasteiger partial charge in [0.1, 0.15) is 0 Å². The Bertz CT molecular complexity index is 99.9. The summed E-state index contributed by atoms with van der Waals surface area (Å²) in [4.78, 5) is 14.2. The first-order chi connectivity index (χ1) is 5.15. The largest absolute Gasteiger partial charge is 0.692 e. The average molecular weight is 179 g/mol. The highest BCUT2D eigenvalue weighted by Crippen LogP contribution is 1.98. The van der Waals surface area contributed by atoms with Gasteiger partial charge < -0.3 is 0 Å². The highest BCUT2D eigenvalue weighted by molar-refractivity contribution is 7.30. The van der Waals surface area contributed by atoms with Gasteiger partial charge in [0.05, 0.1) is 0 Å². The fourth-order valence-electron chi connectivity index (χ4n) is 0.539. The summed E-state index contributed by atoms with van der Waals surface area (Å²) in [7, 11) is -2.87. The summed E-state index contributed by atoms with van der Waals surface area (Å²) in [6.07, 6.45) is 7.16. The van der Waals surface area contributed by atoms with Crippen LogP contribution in [0, 0.1) is 0 Å². The zero-order valence-electron chi connectivity index (χ0n) is 6.86. The summed E-state index contributed by atoms with van der Waals surface area (Å²) < 4.78 is 8.70. The van der Waals surface area contributed by atoms with Crippen LogP contribution in [-0.2, 0) is 4.57 Å². The van der Waals surface area contributed by atoms with Crippen molar-refractivity contribution >= 4 is 8.25 Å². The van der Waals surface area contributed by atoms with Gasteiger partial charge >= 0.3 is 8.25 Å². The molecule has 0 amide bonds. The lowest BCUT2D eigenvalue weighted by Gasteiger charge is -1.87. The fourth-order valence-corrected chi connectivity index (χ4v) is 0.539. The summed E-state index contributed by atoms with van der Waals surface area (Å²) in [6, 6.07) is 0. The molecule has 2 N–H and O–H groups in total. The Morgan fingerprint density at radius 1 is 1.45 bits per heavy atom. The third-order valence-corrected chi connectivity index (χ3v) is 1.01. The van der Waals surface area contributed by atoms with E-state index in [-0.39, 0.29) is 0 Å². The van der Waals surface area contributed by atoms with Crippen molar-refractivity contribution in [1.82, 2.24) is 0 Å². The van der Waals surface area contributed by atoms with E-state index in [1.807, 2.05) is 6.08 Å². The van der Waals surface area contributed by atoms with Crippen molar-refractivity contribution in [2.45, 2.75) is 32.6 Å². The van der Waals surface area contributed by atoms with Gasteiger partial charge in [-0.1, -0.05) is 25.8 Å². The molecule has 0 aromatic rings. The number of allylic oxidation sites excluding steroid dienone is 1. The second-order valence-corrected chi connectivity index (χ2v) is 2.54. The van der Waals surface area contributed by atoms with Gasteiger partial charge in [-0.05, 0) is 12.8 Å². The Labute approximate surface area is 68.7 Å². The number of rotatable bonds is 4. The number of hydrogen-bond donors (Lipinski definition) is 2. The predicted molar refractivity (Wildman–Crippen MR) is 46.4 cm³/mol. The highest BCUT2D eigenvalue weighted by Gasteiger charge is 1.93. The van der Waals surface area contributed by atoms with Crippen LogP contribution in [0.25, 0.3) is 0 Å². The van der Waals surface area contributed by atoms with E-state index in [4.69, 9.17) is 14.4 Å². The molecule has 0 atom stereocenters. The van der Waals surface area contributed by atoms with E-state index in [0.717, 1.165) is 0 Å². The zero-order chi connectivity index (χ0) is 9.11. The van der Waals surface area contributed by atoms with Gasteiger partial charge in [-0.25, -0.2) is 0 Å². The molecule has 0 saturated carbocycles. The van der Waals surface area contributed by atoms with E-state index < -0.39 is 8.25 Å². The molecule has 0 radical (unpaired) electrons. The summed E-state index contributed by atoms with van der Waals surface area (Å²) >= 11 is 0. The average Bonchev–Trinajstić information content (AvgIpc) is 1.88. The van der Waals surface area contributed by atoms with E-state index in [1.54, 1.807) is 0 Å². The molecule has 0 bridgehead atoms. The van der Waals surface area contributed by atoms with Gasteiger partial charge in [0.2, 0.25) is 0 Å². The summed E-state index contributed by atoms with van der Waals surface area (Å²) in [5, 5.41) is 0. The fraction of sp³-hybridized carbons (Fsp3) is 0.714. The lowest BCUT2D eigenvalue weighted by atomic mass is 10.2. The molecule has 4 heteroatoms. The molecule has 0 aromatic heterocycles. The predicted octanol–water partition coefficient (Wildman–Crippen LogP) is 2.38. The van der Waals surface area contributed by atoms with E-state index in [0.29, 0.717) is 0 Å². The summed E-state index contributed by atoms with van der Waals surface area (Å²) in [5.41, 5.74) is 0. The normalized spacial score (nSPS) is 7.91. The van der Waals surface area contributed by atoms with E-state index in [9.17, 15) is 0 Å². The first kappa shape index (κ1) is 13.4. The van der Waals surface area contributed by atoms with Crippen LogP contribution >= 0.6 is 8.25 Å². The van der Waals surface area contributed by atoms with Gasteiger partial charge in [-0.15, -0.1) is 16.4 Å². The van der Waals surface area contributed by atoms with Gasteiger partial charge in [0, 0.05) is 4.57 Å². The van der Waals surface area contributed by atoms with Gasteiger partial charge in [-0.3, -0.25) is 0 Å². The van der Waals surface area contributed by atoms with Crippen molar-refractivity contribution in [3.05, 3.63) is 12.7 Å². The smallest absolute Gasteiger partial charge is 0.134 e. The Balaban J connectivity index is 0. The Kier molecular flexibility index (Phi) is 15.1. The molecule has 0 aliphatic rings. The van der Waals surface area contributed by atoms with Crippen LogP contribution in [0.3, 0.4) is 0 Å². The molecule has 0 aliphatic carbocycles. The Morgan fingerprint density at radius 3 is 2.18 bits per heavy atom. The molecule has 0 aliphatic heterocycles. The Morgan fingerprint density at radius 2 is 1.91 bits per heavy atom. The maximum absolute atomic E-state index is 8.70. The standard InChI is InChI=1S/C7H14.HO3P/c1-3-5-7-6-4-2;1-4(2)3/h3H,1,4-7H2,2H3;(H-,1,2,3)/p+1. The molecular weight excluding hydrogens is 163 g/mol. The molecule has 0 aromatic carbocycles. The molecular formula is C7H16O3P+. The van der Waals surface area contributed by atoms with Crippen molar-refractivity contribution in [3.8, 4) is 0 Å². The first-order valence-corrected chi connectivity index (χ1v) is 4.77. The zero-order valence-corrected chi connectivity index (χ0v) is 7.76. The molecule has 0 rings (SSSR count). The SMILES string of the molecule is C=CCCCCC.O=[P+](O)O. The van der Waals surface area contributed by atoms with Crippen LogP contribution in [0.2, 0.25) is 0 Å². The minimum absolute atomic E-state index is 1.19. The van der Waals surface area contributed by atoms with Gasteiger partial charge in [0.25, 0.3) is 0 Å². The lowest BCUT2D eigenvalue weighted by Crippen LogP contribution is -1.67. The molecule has 11 heavy (non-hydrogen) atoms. The topological polar surface area (TPSA) is 57.5 Å². The third-order valence-electron chi connectivity index (χ3n) is 1.01. The van der Waals surface area contributed by atoms with Crippen molar-refractivity contribution in [1.29, 1.82) is 0 Å². The summed E-state index contributed by atoms with van der Waals surface area (Å²) in [5.74, 6) is 0. The van der Waals surface area contributed by atoms with E-state index >= 15 is 0 Å². The van der Waals surface area contributed by atoms with Crippen LogP contribution in [0.5, 0.6) is 0 Å². The van der Waals surface area contributed by atoms with Crippen LogP contribution in [0.1, 0.15) is 32.6 Å². The quantitative estimate of drug-likeness (QED) is 0.395. The van der Waals surface area contributed by atoms with Crippen molar-refractivity contribution < 1.29 is 14.4 Å². The maximum Gasteiger partial charge on any atom is 0.692 e. The minimum atomic E-state index is -2.87. The molecule has 66 valence electrons.